The highest BCUT2D eigenvalue weighted by Crippen LogP contribution is 2.17. The summed E-state index contributed by atoms with van der Waals surface area (Å²) in [6.07, 6.45) is 2.30. The molecular weight excluding hydrogens is 287 g/mol. The van der Waals surface area contributed by atoms with Crippen LogP contribution in [0, 0.1) is 5.92 Å². The molecule has 1 aliphatic rings. The largest absolute Gasteiger partial charge is 0.352 e. The highest BCUT2D eigenvalue weighted by Gasteiger charge is 2.19. The van der Waals surface area contributed by atoms with Crippen LogP contribution in [0.25, 0.3) is 0 Å². The number of hydrogen-bond donors (Lipinski definition) is 1. The molecule has 2 heterocycles. The lowest BCUT2D eigenvalue weighted by Gasteiger charge is -2.29. The van der Waals surface area contributed by atoms with E-state index in [0.717, 1.165) is 19.5 Å². The van der Waals surface area contributed by atoms with Gasteiger partial charge in [0, 0.05) is 13.1 Å². The van der Waals surface area contributed by atoms with Crippen molar-refractivity contribution in [3.63, 3.8) is 0 Å². The number of carbonyl (C=O) groups is 1. The van der Waals surface area contributed by atoms with Crippen molar-refractivity contribution in [3.05, 3.63) is 21.9 Å². The van der Waals surface area contributed by atoms with Gasteiger partial charge in [-0.3, -0.25) is 4.79 Å². The summed E-state index contributed by atoms with van der Waals surface area (Å²) < 4.78 is 0. The highest BCUT2D eigenvalue weighted by molar-refractivity contribution is 6.34. The minimum atomic E-state index is -0.255. The van der Waals surface area contributed by atoms with Crippen LogP contribution in [0.3, 0.4) is 0 Å². The molecule has 0 aromatic carbocycles. The summed E-state index contributed by atoms with van der Waals surface area (Å²) in [6, 6.07) is 1.43. The minimum absolute atomic E-state index is 0.0719. The zero-order valence-electron chi connectivity index (χ0n) is 10.7. The highest BCUT2D eigenvalue weighted by atomic mass is 35.5. The summed E-state index contributed by atoms with van der Waals surface area (Å²) in [4.78, 5) is 14.3. The second-order valence-corrected chi connectivity index (χ2v) is 5.60. The molecule has 1 amide bonds. The maximum atomic E-state index is 12.0. The molecule has 0 aliphatic carbocycles. The number of aromatic nitrogens is 2. The third-order valence-electron chi connectivity index (χ3n) is 3.24. The third-order valence-corrected chi connectivity index (χ3v) is 3.70. The second-order valence-electron chi connectivity index (χ2n) is 4.85. The van der Waals surface area contributed by atoms with Gasteiger partial charge < -0.3 is 10.2 Å². The van der Waals surface area contributed by atoms with Gasteiger partial charge in [0.2, 0.25) is 0 Å². The molecule has 1 aliphatic heterocycles. The molecule has 7 heteroatoms. The van der Waals surface area contributed by atoms with Gasteiger partial charge in [-0.2, -0.15) is 0 Å². The van der Waals surface area contributed by atoms with E-state index in [1.54, 1.807) is 0 Å². The van der Waals surface area contributed by atoms with E-state index >= 15 is 0 Å². The van der Waals surface area contributed by atoms with Crippen molar-refractivity contribution in [3.8, 4) is 0 Å². The predicted molar refractivity (Wildman–Crippen MR) is 74.6 cm³/mol. The van der Waals surface area contributed by atoms with Crippen molar-refractivity contribution in [2.45, 2.75) is 12.8 Å². The minimum Gasteiger partial charge on any atom is -0.352 e. The molecule has 2 rings (SSSR count). The van der Waals surface area contributed by atoms with Crippen molar-refractivity contribution >= 4 is 29.1 Å². The molecule has 0 spiro atoms. The van der Waals surface area contributed by atoms with E-state index in [0.29, 0.717) is 12.5 Å². The number of likely N-dealkylation sites (tertiary alicyclic amines) is 1. The van der Waals surface area contributed by atoms with Crippen LogP contribution in [-0.4, -0.2) is 47.7 Å². The predicted octanol–water partition coefficient (Wildman–Crippen LogP) is 1.85. The molecule has 19 heavy (non-hydrogen) atoms. The number of nitrogens with one attached hydrogen (secondary N) is 1. The summed E-state index contributed by atoms with van der Waals surface area (Å²) in [5.74, 6) is 0.224. The average Bonchev–Trinajstić information content (AvgIpc) is 2.39. The van der Waals surface area contributed by atoms with Gasteiger partial charge in [0.15, 0.2) is 10.3 Å². The van der Waals surface area contributed by atoms with Gasteiger partial charge in [0.1, 0.15) is 0 Å². The molecule has 5 nitrogen and oxygen atoms in total. The van der Waals surface area contributed by atoms with Crippen LogP contribution in [0.4, 0.5) is 0 Å². The normalized spacial score (nSPS) is 20.3. The number of amides is 1. The first kappa shape index (κ1) is 14.5. The Morgan fingerprint density at radius 1 is 1.53 bits per heavy atom. The Labute approximate surface area is 122 Å². The van der Waals surface area contributed by atoms with Gasteiger partial charge in [-0.25, -0.2) is 0 Å². The maximum absolute atomic E-state index is 12.0. The van der Waals surface area contributed by atoms with Gasteiger partial charge in [-0.05, 0) is 38.4 Å². The fraction of sp³-hybridized carbons (Fsp3) is 0.583. The second kappa shape index (κ2) is 6.50. The molecule has 1 aromatic rings. The Bertz CT molecular complexity index is 469. The Morgan fingerprint density at radius 2 is 2.32 bits per heavy atom. The van der Waals surface area contributed by atoms with Crippen LogP contribution in [0.2, 0.25) is 10.3 Å². The number of nitrogens with zero attached hydrogens (tertiary/aromatic N) is 3. The van der Waals surface area contributed by atoms with Gasteiger partial charge in [-0.1, -0.05) is 23.2 Å². The van der Waals surface area contributed by atoms with Crippen LogP contribution < -0.4 is 5.32 Å². The van der Waals surface area contributed by atoms with Gasteiger partial charge in [0.05, 0.1) is 5.56 Å². The van der Waals surface area contributed by atoms with Crippen molar-refractivity contribution in [1.82, 2.24) is 20.4 Å². The molecule has 0 bridgehead atoms. The Kier molecular flexibility index (Phi) is 4.96. The van der Waals surface area contributed by atoms with Gasteiger partial charge in [-0.15, -0.1) is 10.2 Å². The van der Waals surface area contributed by atoms with Crippen molar-refractivity contribution in [1.29, 1.82) is 0 Å². The van der Waals surface area contributed by atoms with Crippen LogP contribution in [0.5, 0.6) is 0 Å². The molecule has 1 atom stereocenters. The van der Waals surface area contributed by atoms with E-state index < -0.39 is 0 Å². The first-order chi connectivity index (χ1) is 9.06. The molecule has 0 saturated carbocycles. The molecule has 1 aromatic heterocycles. The number of piperidine rings is 1. The quantitative estimate of drug-likeness (QED) is 0.926. The topological polar surface area (TPSA) is 58.1 Å². The van der Waals surface area contributed by atoms with Crippen molar-refractivity contribution < 1.29 is 4.79 Å². The molecule has 1 N–H and O–H groups in total. The summed E-state index contributed by atoms with van der Waals surface area (Å²) in [7, 11) is 2.09. The van der Waals surface area contributed by atoms with Crippen molar-refractivity contribution in [2.24, 2.45) is 5.92 Å². The standard InChI is InChI=1S/C12H16Cl2N4O/c1-18-4-2-3-8(7-18)6-15-12(19)9-5-10(13)16-17-11(9)14/h5,8H,2-4,6-7H2,1H3,(H,15,19). The van der Waals surface area contributed by atoms with E-state index in [1.165, 1.54) is 12.5 Å². The van der Waals surface area contributed by atoms with Crippen LogP contribution >= 0.6 is 23.2 Å². The molecule has 104 valence electrons. The van der Waals surface area contributed by atoms with Crippen LogP contribution in [-0.2, 0) is 0 Å². The van der Waals surface area contributed by atoms with E-state index in [-0.39, 0.29) is 21.8 Å². The Morgan fingerprint density at radius 3 is 3.05 bits per heavy atom. The summed E-state index contributed by atoms with van der Waals surface area (Å²) in [5, 5.41) is 10.3. The summed E-state index contributed by atoms with van der Waals surface area (Å²) in [6.45, 7) is 2.77. The molecule has 0 radical (unpaired) electrons. The first-order valence-corrected chi connectivity index (χ1v) is 6.97. The molecule has 1 saturated heterocycles. The fourth-order valence-corrected chi connectivity index (χ4v) is 2.61. The maximum Gasteiger partial charge on any atom is 0.254 e. The Hall–Kier alpha value is -0.910. The number of rotatable bonds is 3. The average molecular weight is 303 g/mol. The lowest BCUT2D eigenvalue weighted by atomic mass is 9.98. The fourth-order valence-electron chi connectivity index (χ4n) is 2.28. The van der Waals surface area contributed by atoms with Crippen LogP contribution in [0.15, 0.2) is 6.07 Å². The number of hydrogen-bond acceptors (Lipinski definition) is 4. The third kappa shape index (κ3) is 4.03. The SMILES string of the molecule is CN1CCCC(CNC(=O)c2cc(Cl)nnc2Cl)C1. The van der Waals surface area contributed by atoms with Gasteiger partial charge in [0.25, 0.3) is 5.91 Å². The number of carbonyl (C=O) groups excluding carboxylic acids is 1. The summed E-state index contributed by atoms with van der Waals surface area (Å²) >= 11 is 11.5. The monoisotopic (exact) mass is 302 g/mol. The van der Waals surface area contributed by atoms with Gasteiger partial charge >= 0.3 is 0 Å². The lowest BCUT2D eigenvalue weighted by Crippen LogP contribution is -2.39. The Balaban J connectivity index is 1.92. The van der Waals surface area contributed by atoms with Crippen LogP contribution in [0.1, 0.15) is 23.2 Å². The lowest BCUT2D eigenvalue weighted by molar-refractivity contribution is 0.0936. The van der Waals surface area contributed by atoms with E-state index in [4.69, 9.17) is 23.2 Å². The smallest absolute Gasteiger partial charge is 0.254 e. The zero-order valence-corrected chi connectivity index (χ0v) is 12.2. The zero-order chi connectivity index (χ0) is 13.8. The molecular formula is C12H16Cl2N4O. The molecule has 1 unspecified atom stereocenters. The van der Waals surface area contributed by atoms with E-state index in [9.17, 15) is 4.79 Å². The van der Waals surface area contributed by atoms with E-state index in [2.05, 4.69) is 27.5 Å². The van der Waals surface area contributed by atoms with E-state index in [1.807, 2.05) is 0 Å². The number of halogens is 2. The van der Waals surface area contributed by atoms with Crippen molar-refractivity contribution in [2.75, 3.05) is 26.7 Å². The molecule has 1 fully saturated rings. The first-order valence-electron chi connectivity index (χ1n) is 6.21. The summed E-state index contributed by atoms with van der Waals surface area (Å²) in [5.41, 5.74) is 0.269.